The molecule has 0 saturated carbocycles. The Morgan fingerprint density at radius 1 is 1.16 bits per heavy atom. The van der Waals surface area contributed by atoms with E-state index in [9.17, 15) is 9.59 Å². The Labute approximate surface area is 145 Å². The highest BCUT2D eigenvalue weighted by atomic mass is 16.5. The van der Waals surface area contributed by atoms with E-state index in [1.54, 1.807) is 18.2 Å². The monoisotopic (exact) mass is 337 g/mol. The average molecular weight is 337 g/mol. The third-order valence-corrected chi connectivity index (χ3v) is 3.97. The molecule has 0 fully saturated rings. The SMILES string of the molecule is CCOc1ccc2c(C(=O)NCc3ccccc3C)cc(=O)oc2c1. The summed E-state index contributed by atoms with van der Waals surface area (Å²) in [7, 11) is 0. The van der Waals surface area contributed by atoms with Crippen molar-refractivity contribution in [2.75, 3.05) is 6.61 Å². The number of fused-ring (bicyclic) bond motifs is 1. The molecule has 0 unspecified atom stereocenters. The molecule has 3 aromatic rings. The number of hydrogen-bond donors (Lipinski definition) is 1. The number of rotatable bonds is 5. The minimum atomic E-state index is -0.567. The van der Waals surface area contributed by atoms with Crippen LogP contribution in [-0.4, -0.2) is 12.5 Å². The van der Waals surface area contributed by atoms with E-state index in [4.69, 9.17) is 9.15 Å². The lowest BCUT2D eigenvalue weighted by atomic mass is 10.1. The average Bonchev–Trinajstić information content (AvgIpc) is 2.60. The molecule has 3 rings (SSSR count). The minimum Gasteiger partial charge on any atom is -0.494 e. The lowest BCUT2D eigenvalue weighted by Gasteiger charge is -2.10. The Morgan fingerprint density at radius 2 is 1.96 bits per heavy atom. The molecule has 0 aliphatic heterocycles. The van der Waals surface area contributed by atoms with Crippen LogP contribution >= 0.6 is 0 Å². The number of aryl methyl sites for hydroxylation is 1. The van der Waals surface area contributed by atoms with Crippen LogP contribution in [0.2, 0.25) is 0 Å². The van der Waals surface area contributed by atoms with Crippen molar-refractivity contribution in [3.8, 4) is 5.75 Å². The number of ether oxygens (including phenoxy) is 1. The maximum atomic E-state index is 12.6. The van der Waals surface area contributed by atoms with Crippen molar-refractivity contribution in [3.63, 3.8) is 0 Å². The number of nitrogens with one attached hydrogen (secondary N) is 1. The summed E-state index contributed by atoms with van der Waals surface area (Å²) in [5.74, 6) is 0.279. The summed E-state index contributed by atoms with van der Waals surface area (Å²) in [6, 6.07) is 14.2. The highest BCUT2D eigenvalue weighted by Crippen LogP contribution is 2.23. The highest BCUT2D eigenvalue weighted by molar-refractivity contribution is 6.05. The predicted octanol–water partition coefficient (Wildman–Crippen LogP) is 3.43. The molecule has 1 N–H and O–H groups in total. The minimum absolute atomic E-state index is 0.294. The predicted molar refractivity (Wildman–Crippen MR) is 96.0 cm³/mol. The standard InChI is InChI=1S/C20H19NO4/c1-3-24-15-8-9-16-17(11-19(22)25-18(16)10-15)20(23)21-12-14-7-5-4-6-13(14)2/h4-11H,3,12H2,1-2H3,(H,21,23). The summed E-state index contributed by atoms with van der Waals surface area (Å²) in [4.78, 5) is 24.4. The van der Waals surface area contributed by atoms with E-state index in [0.717, 1.165) is 11.1 Å². The van der Waals surface area contributed by atoms with Crippen molar-refractivity contribution in [2.24, 2.45) is 0 Å². The topological polar surface area (TPSA) is 68.5 Å². The van der Waals surface area contributed by atoms with E-state index in [1.807, 2.05) is 38.1 Å². The van der Waals surface area contributed by atoms with Crippen LogP contribution in [0, 0.1) is 6.92 Å². The first kappa shape index (κ1) is 16.8. The van der Waals surface area contributed by atoms with E-state index in [1.165, 1.54) is 6.07 Å². The molecule has 1 heterocycles. The zero-order valence-corrected chi connectivity index (χ0v) is 14.2. The molecular formula is C20H19NO4. The van der Waals surface area contributed by atoms with Crippen LogP contribution in [0.25, 0.3) is 11.0 Å². The molecule has 0 aliphatic carbocycles. The van der Waals surface area contributed by atoms with Crippen LogP contribution in [0.1, 0.15) is 28.4 Å². The third-order valence-electron chi connectivity index (χ3n) is 3.97. The number of amides is 1. The molecule has 0 aliphatic rings. The van der Waals surface area contributed by atoms with Gasteiger partial charge in [0.1, 0.15) is 11.3 Å². The molecular weight excluding hydrogens is 318 g/mol. The fraction of sp³-hybridized carbons (Fsp3) is 0.200. The van der Waals surface area contributed by atoms with E-state index >= 15 is 0 Å². The Hall–Kier alpha value is -3.08. The second-order valence-electron chi connectivity index (χ2n) is 5.68. The molecule has 2 aromatic carbocycles. The zero-order valence-electron chi connectivity index (χ0n) is 14.2. The van der Waals surface area contributed by atoms with Crippen molar-refractivity contribution in [1.29, 1.82) is 0 Å². The molecule has 0 atom stereocenters. The van der Waals surface area contributed by atoms with Gasteiger partial charge in [0.15, 0.2) is 0 Å². The molecule has 0 radical (unpaired) electrons. The van der Waals surface area contributed by atoms with Crippen LogP contribution in [0.3, 0.4) is 0 Å². The fourth-order valence-corrected chi connectivity index (χ4v) is 2.67. The third kappa shape index (κ3) is 3.71. The van der Waals surface area contributed by atoms with Gasteiger partial charge in [0, 0.05) is 24.1 Å². The van der Waals surface area contributed by atoms with Crippen LogP contribution in [0.4, 0.5) is 0 Å². The lowest BCUT2D eigenvalue weighted by Crippen LogP contribution is -2.24. The maximum absolute atomic E-state index is 12.6. The van der Waals surface area contributed by atoms with Gasteiger partial charge < -0.3 is 14.5 Å². The van der Waals surface area contributed by atoms with Crippen LogP contribution < -0.4 is 15.7 Å². The second-order valence-corrected chi connectivity index (χ2v) is 5.68. The summed E-state index contributed by atoms with van der Waals surface area (Å²) >= 11 is 0. The van der Waals surface area contributed by atoms with Gasteiger partial charge in [-0.2, -0.15) is 0 Å². The molecule has 0 bridgehead atoms. The summed E-state index contributed by atoms with van der Waals surface area (Å²) in [5, 5.41) is 3.44. The van der Waals surface area contributed by atoms with E-state index in [0.29, 0.717) is 35.4 Å². The first-order valence-electron chi connectivity index (χ1n) is 8.12. The largest absolute Gasteiger partial charge is 0.494 e. The van der Waals surface area contributed by atoms with Gasteiger partial charge in [-0.1, -0.05) is 24.3 Å². The Bertz CT molecular complexity index is 975. The summed E-state index contributed by atoms with van der Waals surface area (Å²) in [6.45, 7) is 4.76. The van der Waals surface area contributed by atoms with Gasteiger partial charge in [-0.3, -0.25) is 4.79 Å². The Balaban J connectivity index is 1.90. The molecule has 0 spiro atoms. The molecule has 1 aromatic heterocycles. The number of hydrogen-bond acceptors (Lipinski definition) is 4. The van der Waals surface area contributed by atoms with E-state index in [-0.39, 0.29) is 5.91 Å². The van der Waals surface area contributed by atoms with E-state index < -0.39 is 5.63 Å². The first-order chi connectivity index (χ1) is 12.1. The van der Waals surface area contributed by atoms with Gasteiger partial charge in [0.2, 0.25) is 0 Å². The molecule has 1 amide bonds. The Kier molecular flexibility index (Phi) is 4.84. The van der Waals surface area contributed by atoms with Crippen LogP contribution in [0.5, 0.6) is 5.75 Å². The number of carbonyl (C=O) groups excluding carboxylic acids is 1. The lowest BCUT2D eigenvalue weighted by molar-refractivity contribution is 0.0952. The zero-order chi connectivity index (χ0) is 17.8. The van der Waals surface area contributed by atoms with Crippen molar-refractivity contribution >= 4 is 16.9 Å². The smallest absolute Gasteiger partial charge is 0.337 e. The maximum Gasteiger partial charge on any atom is 0.337 e. The van der Waals surface area contributed by atoms with Gasteiger partial charge in [-0.15, -0.1) is 0 Å². The van der Waals surface area contributed by atoms with Gasteiger partial charge in [0.05, 0.1) is 12.2 Å². The molecule has 0 saturated heterocycles. The van der Waals surface area contributed by atoms with Crippen LogP contribution in [0.15, 0.2) is 57.7 Å². The van der Waals surface area contributed by atoms with Crippen molar-refractivity contribution in [2.45, 2.75) is 20.4 Å². The van der Waals surface area contributed by atoms with Gasteiger partial charge in [-0.05, 0) is 37.1 Å². The van der Waals surface area contributed by atoms with Gasteiger partial charge in [0.25, 0.3) is 5.91 Å². The van der Waals surface area contributed by atoms with Crippen molar-refractivity contribution < 1.29 is 13.9 Å². The second kappa shape index (κ2) is 7.21. The van der Waals surface area contributed by atoms with Crippen LogP contribution in [-0.2, 0) is 6.54 Å². The molecule has 25 heavy (non-hydrogen) atoms. The summed E-state index contributed by atoms with van der Waals surface area (Å²) in [6.07, 6.45) is 0. The molecule has 5 heteroatoms. The quantitative estimate of drug-likeness (QED) is 0.724. The number of benzene rings is 2. The Morgan fingerprint density at radius 3 is 2.72 bits per heavy atom. The normalized spacial score (nSPS) is 10.6. The fourth-order valence-electron chi connectivity index (χ4n) is 2.67. The first-order valence-corrected chi connectivity index (χ1v) is 8.12. The van der Waals surface area contributed by atoms with Gasteiger partial charge >= 0.3 is 5.63 Å². The van der Waals surface area contributed by atoms with Gasteiger partial charge in [-0.25, -0.2) is 4.79 Å². The van der Waals surface area contributed by atoms with E-state index in [2.05, 4.69) is 5.32 Å². The van der Waals surface area contributed by atoms with Crippen molar-refractivity contribution in [1.82, 2.24) is 5.32 Å². The highest BCUT2D eigenvalue weighted by Gasteiger charge is 2.14. The molecule has 128 valence electrons. The van der Waals surface area contributed by atoms with Crippen molar-refractivity contribution in [3.05, 3.63) is 75.6 Å². The summed E-state index contributed by atoms with van der Waals surface area (Å²) in [5.41, 5.74) is 2.19. The molecule has 5 nitrogen and oxygen atoms in total. The summed E-state index contributed by atoms with van der Waals surface area (Å²) < 4.78 is 10.6. The number of carbonyl (C=O) groups is 1.